The second-order valence-corrected chi connectivity index (χ2v) is 5.90. The molecule has 0 aromatic carbocycles. The third-order valence-electron chi connectivity index (χ3n) is 2.62. The summed E-state index contributed by atoms with van der Waals surface area (Å²) in [5, 5.41) is 1.40. The van der Waals surface area contributed by atoms with Gasteiger partial charge in [-0.25, -0.2) is 0 Å². The van der Waals surface area contributed by atoms with E-state index in [0.29, 0.717) is 0 Å². The van der Waals surface area contributed by atoms with Gasteiger partial charge in [-0.1, -0.05) is 19.8 Å². The average Bonchev–Trinajstić information content (AvgIpc) is 2.27. The standard InChI is InChI=1S/C12H23NS/c1-4-5-6-8-11-13-12(2,3)9-7-10-14-11/h4-10H2,1-3H3. The van der Waals surface area contributed by atoms with Crippen LogP contribution in [0.5, 0.6) is 0 Å². The van der Waals surface area contributed by atoms with E-state index in [1.165, 1.54) is 49.3 Å². The molecule has 1 rings (SSSR count). The van der Waals surface area contributed by atoms with Crippen molar-refractivity contribution >= 4 is 16.8 Å². The number of aliphatic imine (C=N–C) groups is 1. The molecule has 0 atom stereocenters. The van der Waals surface area contributed by atoms with E-state index in [9.17, 15) is 0 Å². The SMILES string of the molecule is CCCCCC1=NC(C)(C)CCCS1. The van der Waals surface area contributed by atoms with E-state index in [4.69, 9.17) is 4.99 Å². The van der Waals surface area contributed by atoms with Crippen LogP contribution in [-0.4, -0.2) is 16.3 Å². The largest absolute Gasteiger partial charge is 0.277 e. The second kappa shape index (κ2) is 5.79. The van der Waals surface area contributed by atoms with Crippen molar-refractivity contribution in [2.45, 2.75) is 64.8 Å². The first-order chi connectivity index (χ1) is 6.64. The lowest BCUT2D eigenvalue weighted by atomic mass is 10.0. The molecule has 0 aromatic rings. The zero-order valence-corrected chi connectivity index (χ0v) is 10.6. The molecular weight excluding hydrogens is 190 g/mol. The quantitative estimate of drug-likeness (QED) is 0.635. The van der Waals surface area contributed by atoms with Gasteiger partial charge in [-0.2, -0.15) is 0 Å². The molecule has 1 aliphatic rings. The normalized spacial score (nSPS) is 21.5. The molecule has 82 valence electrons. The van der Waals surface area contributed by atoms with Gasteiger partial charge in [-0.05, 0) is 45.3 Å². The Morgan fingerprint density at radius 2 is 2.14 bits per heavy atom. The van der Waals surface area contributed by atoms with Crippen LogP contribution in [0.25, 0.3) is 0 Å². The van der Waals surface area contributed by atoms with Gasteiger partial charge in [0.1, 0.15) is 0 Å². The van der Waals surface area contributed by atoms with Gasteiger partial charge in [-0.3, -0.25) is 4.99 Å². The van der Waals surface area contributed by atoms with Crippen LogP contribution in [0.1, 0.15) is 59.3 Å². The van der Waals surface area contributed by atoms with Crippen molar-refractivity contribution in [3.05, 3.63) is 0 Å². The average molecular weight is 213 g/mol. The van der Waals surface area contributed by atoms with Crippen LogP contribution in [0.15, 0.2) is 4.99 Å². The topological polar surface area (TPSA) is 12.4 Å². The van der Waals surface area contributed by atoms with E-state index in [2.05, 4.69) is 20.8 Å². The molecule has 1 aliphatic heterocycles. The Kier molecular flexibility index (Phi) is 5.00. The first-order valence-corrected chi connectivity index (χ1v) is 6.84. The van der Waals surface area contributed by atoms with Gasteiger partial charge >= 0.3 is 0 Å². The fourth-order valence-corrected chi connectivity index (χ4v) is 2.90. The third-order valence-corrected chi connectivity index (χ3v) is 3.74. The molecule has 0 radical (unpaired) electrons. The highest BCUT2D eigenvalue weighted by Gasteiger charge is 2.20. The van der Waals surface area contributed by atoms with Crippen molar-refractivity contribution in [2.24, 2.45) is 4.99 Å². The van der Waals surface area contributed by atoms with E-state index in [1.807, 2.05) is 11.8 Å². The molecule has 1 nitrogen and oxygen atoms in total. The molecule has 0 amide bonds. The number of hydrogen-bond donors (Lipinski definition) is 0. The van der Waals surface area contributed by atoms with Crippen molar-refractivity contribution in [1.29, 1.82) is 0 Å². The summed E-state index contributed by atoms with van der Waals surface area (Å²) in [5.74, 6) is 1.27. The smallest absolute Gasteiger partial charge is 0.0682 e. The number of unbranched alkanes of at least 4 members (excludes halogenated alkanes) is 2. The van der Waals surface area contributed by atoms with Crippen molar-refractivity contribution in [1.82, 2.24) is 0 Å². The van der Waals surface area contributed by atoms with Gasteiger partial charge < -0.3 is 0 Å². The highest BCUT2D eigenvalue weighted by atomic mass is 32.2. The minimum atomic E-state index is 0.199. The molecule has 2 heteroatoms. The first-order valence-electron chi connectivity index (χ1n) is 5.85. The lowest BCUT2D eigenvalue weighted by Gasteiger charge is -2.17. The monoisotopic (exact) mass is 213 g/mol. The van der Waals surface area contributed by atoms with Crippen molar-refractivity contribution in [3.63, 3.8) is 0 Å². The zero-order chi connectivity index (χ0) is 10.4. The van der Waals surface area contributed by atoms with Gasteiger partial charge in [0.2, 0.25) is 0 Å². The minimum Gasteiger partial charge on any atom is -0.277 e. The molecule has 1 heterocycles. The summed E-state index contributed by atoms with van der Waals surface area (Å²) in [4.78, 5) is 4.86. The van der Waals surface area contributed by atoms with Crippen LogP contribution >= 0.6 is 11.8 Å². The van der Waals surface area contributed by atoms with Crippen LogP contribution in [0.2, 0.25) is 0 Å². The molecule has 0 aliphatic carbocycles. The number of thioether (sulfide) groups is 1. The Labute approximate surface area is 92.8 Å². The summed E-state index contributed by atoms with van der Waals surface area (Å²) in [6.07, 6.45) is 7.75. The Balaban J connectivity index is 2.43. The number of nitrogens with zero attached hydrogens (tertiary/aromatic N) is 1. The Morgan fingerprint density at radius 3 is 2.86 bits per heavy atom. The fourth-order valence-electron chi connectivity index (χ4n) is 1.77. The van der Waals surface area contributed by atoms with E-state index in [0.717, 1.165) is 0 Å². The van der Waals surface area contributed by atoms with Crippen LogP contribution in [0.3, 0.4) is 0 Å². The van der Waals surface area contributed by atoms with Crippen LogP contribution in [0, 0.1) is 0 Å². The second-order valence-electron chi connectivity index (χ2n) is 4.73. The molecule has 0 fully saturated rings. The first kappa shape index (κ1) is 12.1. The molecule has 0 N–H and O–H groups in total. The summed E-state index contributed by atoms with van der Waals surface area (Å²) < 4.78 is 0. The molecule has 0 saturated heterocycles. The highest BCUT2D eigenvalue weighted by Crippen LogP contribution is 2.27. The predicted molar refractivity (Wildman–Crippen MR) is 67.3 cm³/mol. The third kappa shape index (κ3) is 4.50. The van der Waals surface area contributed by atoms with Crippen molar-refractivity contribution in [3.8, 4) is 0 Å². The lowest BCUT2D eigenvalue weighted by Crippen LogP contribution is -2.16. The molecule has 0 saturated carbocycles. The van der Waals surface area contributed by atoms with Crippen LogP contribution in [0.4, 0.5) is 0 Å². The maximum Gasteiger partial charge on any atom is 0.0682 e. The Bertz CT molecular complexity index is 196. The molecular formula is C12H23NS. The maximum atomic E-state index is 4.86. The van der Waals surface area contributed by atoms with Crippen molar-refractivity contribution < 1.29 is 0 Å². The van der Waals surface area contributed by atoms with Gasteiger partial charge in [0, 0.05) is 0 Å². The summed E-state index contributed by atoms with van der Waals surface area (Å²) in [6, 6.07) is 0. The molecule has 14 heavy (non-hydrogen) atoms. The van der Waals surface area contributed by atoms with Crippen molar-refractivity contribution in [2.75, 3.05) is 5.75 Å². The molecule has 0 unspecified atom stereocenters. The predicted octanol–water partition coefficient (Wildman–Crippen LogP) is 4.27. The zero-order valence-electron chi connectivity index (χ0n) is 9.81. The molecule has 0 bridgehead atoms. The van der Waals surface area contributed by atoms with Gasteiger partial charge in [-0.15, -0.1) is 11.8 Å². The van der Waals surface area contributed by atoms with Gasteiger partial charge in [0.25, 0.3) is 0 Å². The Morgan fingerprint density at radius 1 is 1.36 bits per heavy atom. The molecule has 0 aromatic heterocycles. The summed E-state index contributed by atoms with van der Waals surface area (Å²) >= 11 is 1.99. The molecule has 0 spiro atoms. The summed E-state index contributed by atoms with van der Waals surface area (Å²) in [7, 11) is 0. The van der Waals surface area contributed by atoms with E-state index in [1.54, 1.807) is 0 Å². The summed E-state index contributed by atoms with van der Waals surface area (Å²) in [6.45, 7) is 6.78. The van der Waals surface area contributed by atoms with E-state index >= 15 is 0 Å². The highest BCUT2D eigenvalue weighted by molar-refractivity contribution is 8.13. The van der Waals surface area contributed by atoms with Crippen LogP contribution < -0.4 is 0 Å². The van der Waals surface area contributed by atoms with E-state index in [-0.39, 0.29) is 5.54 Å². The van der Waals surface area contributed by atoms with Gasteiger partial charge in [0.15, 0.2) is 0 Å². The Hall–Kier alpha value is 0.0200. The minimum absolute atomic E-state index is 0.199. The fraction of sp³-hybridized carbons (Fsp3) is 0.917. The maximum absolute atomic E-state index is 4.86. The van der Waals surface area contributed by atoms with Crippen LogP contribution in [-0.2, 0) is 0 Å². The van der Waals surface area contributed by atoms with Gasteiger partial charge in [0.05, 0.1) is 10.6 Å². The van der Waals surface area contributed by atoms with E-state index < -0.39 is 0 Å². The number of rotatable bonds is 4. The lowest BCUT2D eigenvalue weighted by molar-refractivity contribution is 0.478. The summed E-state index contributed by atoms with van der Waals surface area (Å²) in [5.41, 5.74) is 0.199. The number of hydrogen-bond acceptors (Lipinski definition) is 2.